The molecule has 0 aliphatic heterocycles. The zero-order chi connectivity index (χ0) is 10.9. The lowest BCUT2D eigenvalue weighted by Crippen LogP contribution is -2.11. The molecular formula is C11H13BrF2. The third-order valence-electron chi connectivity index (χ3n) is 2.10. The molecule has 0 aliphatic rings. The molecule has 0 spiro atoms. The first-order valence-corrected chi connectivity index (χ1v) is 5.20. The molecule has 14 heavy (non-hydrogen) atoms. The zero-order valence-corrected chi connectivity index (χ0v) is 10.0. The molecule has 0 aromatic heterocycles. The minimum atomic E-state index is -2.42. The average Bonchev–Trinajstić information content (AvgIpc) is 2.01. The van der Waals surface area contributed by atoms with Gasteiger partial charge in [-0.05, 0) is 17.0 Å². The minimum absolute atomic E-state index is 0.0107. The van der Waals surface area contributed by atoms with E-state index in [9.17, 15) is 8.78 Å². The highest BCUT2D eigenvalue weighted by Gasteiger charge is 2.17. The standard InChI is InChI=1S/C11H13BrF2/c1-11(2,3)7-4-5-8(10(13)14)9(12)6-7/h4-6,10H,1-3H3. The topological polar surface area (TPSA) is 0 Å². The second-order valence-electron chi connectivity index (χ2n) is 4.29. The van der Waals surface area contributed by atoms with Crippen LogP contribution in [-0.4, -0.2) is 0 Å². The molecule has 3 heteroatoms. The van der Waals surface area contributed by atoms with E-state index in [0.29, 0.717) is 4.47 Å². The monoisotopic (exact) mass is 262 g/mol. The number of hydrogen-bond acceptors (Lipinski definition) is 0. The first-order valence-electron chi connectivity index (χ1n) is 4.40. The number of hydrogen-bond donors (Lipinski definition) is 0. The summed E-state index contributed by atoms with van der Waals surface area (Å²) in [7, 11) is 0. The molecule has 0 nitrogen and oxygen atoms in total. The summed E-state index contributed by atoms with van der Waals surface area (Å²) in [5.41, 5.74) is 1.09. The molecule has 0 fully saturated rings. The summed E-state index contributed by atoms with van der Waals surface area (Å²) in [6.45, 7) is 6.16. The summed E-state index contributed by atoms with van der Waals surface area (Å²) in [5, 5.41) is 0. The molecule has 0 bridgehead atoms. The molecule has 1 aromatic rings. The predicted octanol–water partition coefficient (Wildman–Crippen LogP) is 4.68. The van der Waals surface area contributed by atoms with Crippen LogP contribution in [0.15, 0.2) is 22.7 Å². The fourth-order valence-corrected chi connectivity index (χ4v) is 1.72. The van der Waals surface area contributed by atoms with E-state index in [2.05, 4.69) is 36.7 Å². The third kappa shape index (κ3) is 2.53. The lowest BCUT2D eigenvalue weighted by atomic mass is 9.87. The van der Waals surface area contributed by atoms with Crippen LogP contribution in [0.2, 0.25) is 0 Å². The van der Waals surface area contributed by atoms with Crippen molar-refractivity contribution in [2.24, 2.45) is 0 Å². The average molecular weight is 263 g/mol. The van der Waals surface area contributed by atoms with Gasteiger partial charge in [0.05, 0.1) is 0 Å². The van der Waals surface area contributed by atoms with Crippen LogP contribution in [0.1, 0.15) is 38.3 Å². The van der Waals surface area contributed by atoms with Gasteiger partial charge in [-0.1, -0.05) is 48.8 Å². The minimum Gasteiger partial charge on any atom is -0.205 e. The maximum absolute atomic E-state index is 12.4. The van der Waals surface area contributed by atoms with Gasteiger partial charge in [0, 0.05) is 10.0 Å². The first-order chi connectivity index (χ1) is 6.32. The van der Waals surface area contributed by atoms with Crippen LogP contribution in [0.25, 0.3) is 0 Å². The summed E-state index contributed by atoms with van der Waals surface area (Å²) in [5.74, 6) is 0. The van der Waals surface area contributed by atoms with Gasteiger partial charge in [-0.2, -0.15) is 0 Å². The van der Waals surface area contributed by atoms with Crippen molar-refractivity contribution in [2.75, 3.05) is 0 Å². The van der Waals surface area contributed by atoms with Crippen molar-refractivity contribution >= 4 is 15.9 Å². The molecule has 0 saturated heterocycles. The molecule has 1 aromatic carbocycles. The van der Waals surface area contributed by atoms with E-state index in [4.69, 9.17) is 0 Å². The van der Waals surface area contributed by atoms with E-state index in [1.807, 2.05) is 0 Å². The van der Waals surface area contributed by atoms with Crippen molar-refractivity contribution in [3.05, 3.63) is 33.8 Å². The lowest BCUT2D eigenvalue weighted by Gasteiger charge is -2.20. The summed E-state index contributed by atoms with van der Waals surface area (Å²) in [6, 6.07) is 5.00. The van der Waals surface area contributed by atoms with E-state index < -0.39 is 6.43 Å². The SMILES string of the molecule is CC(C)(C)c1ccc(C(F)F)c(Br)c1. The molecule has 0 atom stereocenters. The van der Waals surface area contributed by atoms with Gasteiger partial charge in [0.25, 0.3) is 6.43 Å². The summed E-state index contributed by atoms with van der Waals surface area (Å²) >= 11 is 3.16. The Morgan fingerprint density at radius 3 is 2.14 bits per heavy atom. The van der Waals surface area contributed by atoms with Crippen LogP contribution in [-0.2, 0) is 5.41 Å². The zero-order valence-electron chi connectivity index (χ0n) is 8.44. The number of halogens is 3. The second-order valence-corrected chi connectivity index (χ2v) is 5.14. The molecule has 0 aliphatic carbocycles. The maximum atomic E-state index is 12.4. The molecule has 0 amide bonds. The highest BCUT2D eigenvalue weighted by Crippen LogP contribution is 2.31. The second kappa shape index (κ2) is 3.97. The summed E-state index contributed by atoms with van der Waals surface area (Å²) in [6.07, 6.45) is -2.42. The largest absolute Gasteiger partial charge is 0.264 e. The maximum Gasteiger partial charge on any atom is 0.264 e. The Morgan fingerprint density at radius 2 is 1.79 bits per heavy atom. The Kier molecular flexibility index (Phi) is 3.30. The smallest absolute Gasteiger partial charge is 0.205 e. The van der Waals surface area contributed by atoms with E-state index in [-0.39, 0.29) is 11.0 Å². The Labute approximate surface area is 91.5 Å². The van der Waals surface area contributed by atoms with Gasteiger partial charge < -0.3 is 0 Å². The van der Waals surface area contributed by atoms with Crippen LogP contribution in [0.4, 0.5) is 8.78 Å². The van der Waals surface area contributed by atoms with Gasteiger partial charge in [0.1, 0.15) is 0 Å². The quantitative estimate of drug-likeness (QED) is 0.689. The van der Waals surface area contributed by atoms with Crippen molar-refractivity contribution < 1.29 is 8.78 Å². The molecule has 0 heterocycles. The predicted molar refractivity (Wildman–Crippen MR) is 57.8 cm³/mol. The van der Waals surface area contributed by atoms with E-state index in [0.717, 1.165) is 5.56 Å². The van der Waals surface area contributed by atoms with Gasteiger partial charge in [0.15, 0.2) is 0 Å². The molecule has 78 valence electrons. The Morgan fingerprint density at radius 1 is 1.21 bits per heavy atom. The van der Waals surface area contributed by atoms with Crippen molar-refractivity contribution in [1.82, 2.24) is 0 Å². The molecule has 0 N–H and O–H groups in total. The van der Waals surface area contributed by atoms with Crippen LogP contribution < -0.4 is 0 Å². The highest BCUT2D eigenvalue weighted by molar-refractivity contribution is 9.10. The van der Waals surface area contributed by atoms with Crippen molar-refractivity contribution in [3.8, 4) is 0 Å². The van der Waals surface area contributed by atoms with Gasteiger partial charge in [-0.25, -0.2) is 8.78 Å². The molecule has 0 unspecified atom stereocenters. The van der Waals surface area contributed by atoms with Gasteiger partial charge in [-0.3, -0.25) is 0 Å². The van der Waals surface area contributed by atoms with Gasteiger partial charge in [-0.15, -0.1) is 0 Å². The van der Waals surface area contributed by atoms with E-state index >= 15 is 0 Å². The number of alkyl halides is 2. The van der Waals surface area contributed by atoms with Gasteiger partial charge in [0.2, 0.25) is 0 Å². The van der Waals surface area contributed by atoms with Crippen LogP contribution in [0.3, 0.4) is 0 Å². The summed E-state index contributed by atoms with van der Waals surface area (Å²) < 4.78 is 25.3. The van der Waals surface area contributed by atoms with Crippen LogP contribution in [0.5, 0.6) is 0 Å². The molecule has 0 radical (unpaired) electrons. The highest BCUT2D eigenvalue weighted by atomic mass is 79.9. The van der Waals surface area contributed by atoms with Crippen molar-refractivity contribution in [2.45, 2.75) is 32.6 Å². The summed E-state index contributed by atoms with van der Waals surface area (Å²) in [4.78, 5) is 0. The fraction of sp³-hybridized carbons (Fsp3) is 0.455. The number of benzene rings is 1. The van der Waals surface area contributed by atoms with E-state index in [1.165, 1.54) is 6.07 Å². The Bertz CT molecular complexity index is 327. The Balaban J connectivity index is 3.13. The fourth-order valence-electron chi connectivity index (χ4n) is 1.17. The molecule has 1 rings (SSSR count). The van der Waals surface area contributed by atoms with Crippen molar-refractivity contribution in [3.63, 3.8) is 0 Å². The first kappa shape index (κ1) is 11.6. The van der Waals surface area contributed by atoms with Gasteiger partial charge >= 0.3 is 0 Å². The Hall–Kier alpha value is -0.440. The third-order valence-corrected chi connectivity index (χ3v) is 2.79. The van der Waals surface area contributed by atoms with E-state index in [1.54, 1.807) is 12.1 Å². The normalized spacial score (nSPS) is 12.2. The molecular weight excluding hydrogens is 250 g/mol. The molecule has 0 saturated carbocycles. The van der Waals surface area contributed by atoms with Crippen LogP contribution >= 0.6 is 15.9 Å². The van der Waals surface area contributed by atoms with Crippen LogP contribution in [0, 0.1) is 0 Å². The lowest BCUT2D eigenvalue weighted by molar-refractivity contribution is 0.150. The van der Waals surface area contributed by atoms with Crippen molar-refractivity contribution in [1.29, 1.82) is 0 Å². The number of rotatable bonds is 1.